The molecule has 0 atom stereocenters. The first-order valence-corrected chi connectivity index (χ1v) is 8.90. The first-order valence-electron chi connectivity index (χ1n) is 8.90. The van der Waals surface area contributed by atoms with Crippen LogP contribution >= 0.6 is 0 Å². The number of pyridine rings is 1. The van der Waals surface area contributed by atoms with Gasteiger partial charge in [-0.1, -0.05) is 40.0 Å². The van der Waals surface area contributed by atoms with E-state index in [1.54, 1.807) is 0 Å². The van der Waals surface area contributed by atoms with Crippen molar-refractivity contribution in [1.82, 2.24) is 4.98 Å². The zero-order valence-corrected chi connectivity index (χ0v) is 14.5. The molecule has 0 amide bonds. The highest BCUT2D eigenvalue weighted by Gasteiger charge is 2.15. The van der Waals surface area contributed by atoms with E-state index in [0.29, 0.717) is 6.61 Å². The Hall–Kier alpha value is -1.05. The van der Waals surface area contributed by atoms with Gasteiger partial charge in [0, 0.05) is 11.8 Å². The molecule has 2 nitrogen and oxygen atoms in total. The molecule has 120 valence electrons. The van der Waals surface area contributed by atoms with Crippen molar-refractivity contribution >= 4 is 0 Å². The van der Waals surface area contributed by atoms with Crippen LogP contribution in [0.3, 0.4) is 0 Å². The number of rotatable bonds is 11. The van der Waals surface area contributed by atoms with Crippen molar-refractivity contribution in [3.05, 3.63) is 22.9 Å². The van der Waals surface area contributed by atoms with E-state index in [1.165, 1.54) is 61.6 Å². The topological polar surface area (TPSA) is 22.1 Å². The van der Waals surface area contributed by atoms with E-state index in [2.05, 4.69) is 32.0 Å². The number of ether oxygens (including phenoxy) is 1. The average Bonchev–Trinajstić information content (AvgIpc) is 2.50. The van der Waals surface area contributed by atoms with Crippen LogP contribution in [-0.2, 0) is 19.3 Å². The maximum atomic E-state index is 5.80. The highest BCUT2D eigenvalue weighted by Crippen LogP contribution is 2.28. The van der Waals surface area contributed by atoms with Crippen molar-refractivity contribution in [2.75, 3.05) is 6.61 Å². The summed E-state index contributed by atoms with van der Waals surface area (Å²) in [6, 6.07) is 0. The standard InChI is InChI=1S/C19H33NO/c1-5-9-12-16-15-20-19(21-8-4)18(14-11-7-3)17(16)13-10-6-2/h15H,5-14H2,1-4H3. The molecule has 21 heavy (non-hydrogen) atoms. The summed E-state index contributed by atoms with van der Waals surface area (Å²) in [5, 5.41) is 0. The maximum absolute atomic E-state index is 5.80. The number of unbranched alkanes of at least 4 members (excludes halogenated alkanes) is 3. The Kier molecular flexibility index (Phi) is 9.12. The second-order valence-corrected chi connectivity index (χ2v) is 5.79. The Morgan fingerprint density at radius 1 is 0.810 bits per heavy atom. The molecule has 0 aliphatic heterocycles. The molecular weight excluding hydrogens is 258 g/mol. The molecule has 0 aromatic carbocycles. The molecule has 0 saturated heterocycles. The first kappa shape index (κ1) is 18.0. The van der Waals surface area contributed by atoms with Gasteiger partial charge in [0.05, 0.1) is 6.61 Å². The fraction of sp³-hybridized carbons (Fsp3) is 0.737. The van der Waals surface area contributed by atoms with Gasteiger partial charge in [0.15, 0.2) is 0 Å². The van der Waals surface area contributed by atoms with Crippen molar-refractivity contribution in [3.63, 3.8) is 0 Å². The number of hydrogen-bond acceptors (Lipinski definition) is 2. The molecule has 0 aliphatic carbocycles. The zero-order chi connectivity index (χ0) is 15.5. The largest absolute Gasteiger partial charge is 0.478 e. The van der Waals surface area contributed by atoms with Crippen molar-refractivity contribution in [3.8, 4) is 5.88 Å². The lowest BCUT2D eigenvalue weighted by molar-refractivity contribution is 0.321. The van der Waals surface area contributed by atoms with Crippen LogP contribution in [0.1, 0.15) is 82.9 Å². The molecule has 0 unspecified atom stereocenters. The molecule has 0 bridgehead atoms. The normalized spacial score (nSPS) is 10.9. The third-order valence-corrected chi connectivity index (χ3v) is 3.99. The van der Waals surface area contributed by atoms with Crippen molar-refractivity contribution < 1.29 is 4.74 Å². The van der Waals surface area contributed by atoms with Gasteiger partial charge in [0.1, 0.15) is 0 Å². The molecule has 1 aromatic heterocycles. The molecular formula is C19H33NO. The van der Waals surface area contributed by atoms with Gasteiger partial charge in [0.25, 0.3) is 0 Å². The van der Waals surface area contributed by atoms with E-state index in [0.717, 1.165) is 18.7 Å². The van der Waals surface area contributed by atoms with E-state index in [4.69, 9.17) is 4.74 Å². The van der Waals surface area contributed by atoms with Gasteiger partial charge in [-0.15, -0.1) is 0 Å². The van der Waals surface area contributed by atoms with E-state index >= 15 is 0 Å². The minimum absolute atomic E-state index is 0.702. The fourth-order valence-electron chi connectivity index (χ4n) is 2.74. The fourth-order valence-corrected chi connectivity index (χ4v) is 2.74. The highest BCUT2D eigenvalue weighted by atomic mass is 16.5. The van der Waals surface area contributed by atoms with Gasteiger partial charge in [-0.3, -0.25) is 0 Å². The van der Waals surface area contributed by atoms with Gasteiger partial charge < -0.3 is 4.74 Å². The van der Waals surface area contributed by atoms with Crippen molar-refractivity contribution in [2.24, 2.45) is 0 Å². The van der Waals surface area contributed by atoms with Crippen LogP contribution in [0.25, 0.3) is 0 Å². The van der Waals surface area contributed by atoms with Gasteiger partial charge >= 0.3 is 0 Å². The summed E-state index contributed by atoms with van der Waals surface area (Å²) in [6.45, 7) is 9.52. The summed E-state index contributed by atoms with van der Waals surface area (Å²) in [4.78, 5) is 4.62. The van der Waals surface area contributed by atoms with Crippen LogP contribution in [0.2, 0.25) is 0 Å². The molecule has 0 saturated carbocycles. The molecule has 0 aliphatic rings. The molecule has 0 radical (unpaired) electrons. The molecule has 0 N–H and O–H groups in total. The third kappa shape index (κ3) is 5.68. The Balaban J connectivity index is 3.12. The second kappa shape index (κ2) is 10.6. The Bertz CT molecular complexity index is 401. The quantitative estimate of drug-likeness (QED) is 0.536. The molecule has 0 spiro atoms. The molecule has 2 heteroatoms. The van der Waals surface area contributed by atoms with Crippen molar-refractivity contribution in [1.29, 1.82) is 0 Å². The van der Waals surface area contributed by atoms with Gasteiger partial charge in [-0.2, -0.15) is 0 Å². The number of nitrogens with zero attached hydrogens (tertiary/aromatic N) is 1. The molecule has 1 aromatic rings. The lowest BCUT2D eigenvalue weighted by atomic mass is 9.93. The SMILES string of the molecule is CCCCc1cnc(OCC)c(CCCC)c1CCCC. The van der Waals surface area contributed by atoms with Gasteiger partial charge in [-0.05, 0) is 56.6 Å². The van der Waals surface area contributed by atoms with E-state index in [-0.39, 0.29) is 0 Å². The lowest BCUT2D eigenvalue weighted by Gasteiger charge is -2.18. The summed E-state index contributed by atoms with van der Waals surface area (Å²) in [7, 11) is 0. The van der Waals surface area contributed by atoms with Crippen LogP contribution in [0.5, 0.6) is 5.88 Å². The minimum atomic E-state index is 0.702. The summed E-state index contributed by atoms with van der Waals surface area (Å²) < 4.78 is 5.80. The Labute approximate surface area is 131 Å². The average molecular weight is 291 g/mol. The van der Waals surface area contributed by atoms with Crippen LogP contribution in [0.15, 0.2) is 6.20 Å². The first-order chi connectivity index (χ1) is 10.3. The Morgan fingerprint density at radius 2 is 1.38 bits per heavy atom. The summed E-state index contributed by atoms with van der Waals surface area (Å²) in [6.07, 6.45) is 13.0. The summed E-state index contributed by atoms with van der Waals surface area (Å²) in [5.41, 5.74) is 4.39. The highest BCUT2D eigenvalue weighted by molar-refractivity contribution is 5.40. The van der Waals surface area contributed by atoms with E-state index in [1.807, 2.05) is 6.92 Å². The minimum Gasteiger partial charge on any atom is -0.478 e. The molecule has 0 fully saturated rings. The smallest absolute Gasteiger partial charge is 0.216 e. The predicted molar refractivity (Wildman–Crippen MR) is 91.2 cm³/mol. The monoisotopic (exact) mass is 291 g/mol. The zero-order valence-electron chi connectivity index (χ0n) is 14.5. The van der Waals surface area contributed by atoms with Crippen LogP contribution in [0.4, 0.5) is 0 Å². The van der Waals surface area contributed by atoms with E-state index < -0.39 is 0 Å². The number of hydrogen-bond donors (Lipinski definition) is 0. The molecule has 1 rings (SSSR count). The second-order valence-electron chi connectivity index (χ2n) is 5.79. The van der Waals surface area contributed by atoms with Gasteiger partial charge in [0.2, 0.25) is 5.88 Å². The lowest BCUT2D eigenvalue weighted by Crippen LogP contribution is -2.08. The van der Waals surface area contributed by atoms with Crippen LogP contribution in [-0.4, -0.2) is 11.6 Å². The van der Waals surface area contributed by atoms with Crippen molar-refractivity contribution in [2.45, 2.75) is 85.5 Å². The summed E-state index contributed by atoms with van der Waals surface area (Å²) >= 11 is 0. The van der Waals surface area contributed by atoms with Crippen LogP contribution in [0, 0.1) is 0 Å². The van der Waals surface area contributed by atoms with E-state index in [9.17, 15) is 0 Å². The van der Waals surface area contributed by atoms with Gasteiger partial charge in [-0.25, -0.2) is 4.98 Å². The molecule has 1 heterocycles. The number of aryl methyl sites for hydroxylation is 1. The third-order valence-electron chi connectivity index (χ3n) is 3.99. The Morgan fingerprint density at radius 3 is 1.95 bits per heavy atom. The predicted octanol–water partition coefficient (Wildman–Crippen LogP) is 5.51. The maximum Gasteiger partial charge on any atom is 0.216 e. The summed E-state index contributed by atoms with van der Waals surface area (Å²) in [5.74, 6) is 0.886. The number of aromatic nitrogens is 1. The van der Waals surface area contributed by atoms with Crippen LogP contribution < -0.4 is 4.74 Å².